The van der Waals surface area contributed by atoms with Crippen LogP contribution >= 0.6 is 11.8 Å². The Bertz CT molecular complexity index is 631. The Morgan fingerprint density at radius 2 is 2.30 bits per heavy atom. The molecule has 5 nitrogen and oxygen atoms in total. The summed E-state index contributed by atoms with van der Waals surface area (Å²) in [5, 5.41) is 4.30. The highest BCUT2D eigenvalue weighted by atomic mass is 32.2. The zero-order valence-electron chi connectivity index (χ0n) is 13.6. The third-order valence-corrected chi connectivity index (χ3v) is 5.61. The van der Waals surface area contributed by atoms with Gasteiger partial charge in [-0.05, 0) is 38.8 Å². The van der Waals surface area contributed by atoms with Crippen LogP contribution < -0.4 is 0 Å². The van der Waals surface area contributed by atoms with Gasteiger partial charge in [-0.3, -0.25) is 4.79 Å². The molecule has 1 saturated heterocycles. The lowest BCUT2D eigenvalue weighted by Crippen LogP contribution is -2.33. The minimum atomic E-state index is 0.214. The maximum absolute atomic E-state index is 12.5. The van der Waals surface area contributed by atoms with Crippen LogP contribution in [0.15, 0.2) is 27.3 Å². The van der Waals surface area contributed by atoms with Gasteiger partial charge in [-0.1, -0.05) is 5.16 Å². The van der Waals surface area contributed by atoms with E-state index in [-0.39, 0.29) is 5.91 Å². The lowest BCUT2D eigenvalue weighted by atomic mass is 10.1. The highest BCUT2D eigenvalue weighted by Crippen LogP contribution is 2.34. The third kappa shape index (κ3) is 3.80. The third-order valence-electron chi connectivity index (χ3n) is 4.32. The molecule has 124 valence electrons. The lowest BCUT2D eigenvalue weighted by molar-refractivity contribution is -0.130. The van der Waals surface area contributed by atoms with Gasteiger partial charge in [-0.2, -0.15) is 0 Å². The maximum Gasteiger partial charge on any atom is 0.222 e. The maximum atomic E-state index is 12.5. The van der Waals surface area contributed by atoms with Gasteiger partial charge in [-0.25, -0.2) is 0 Å². The highest BCUT2D eigenvalue weighted by molar-refractivity contribution is 7.99. The molecule has 23 heavy (non-hydrogen) atoms. The zero-order chi connectivity index (χ0) is 16.2. The molecule has 0 N–H and O–H groups in total. The predicted molar refractivity (Wildman–Crippen MR) is 89.4 cm³/mol. The fourth-order valence-corrected chi connectivity index (χ4v) is 4.15. The van der Waals surface area contributed by atoms with Crippen LogP contribution in [0.2, 0.25) is 0 Å². The van der Waals surface area contributed by atoms with Crippen molar-refractivity contribution in [3.63, 3.8) is 0 Å². The second kappa shape index (κ2) is 7.25. The molecule has 3 heterocycles. The van der Waals surface area contributed by atoms with Crippen LogP contribution in [0.5, 0.6) is 0 Å². The molecule has 2 aromatic rings. The molecule has 0 aromatic carbocycles. The van der Waals surface area contributed by atoms with Crippen molar-refractivity contribution < 1.29 is 13.7 Å². The average Bonchev–Trinajstić information content (AvgIpc) is 3.10. The van der Waals surface area contributed by atoms with Crippen molar-refractivity contribution in [1.29, 1.82) is 0 Å². The van der Waals surface area contributed by atoms with Gasteiger partial charge in [-0.15, -0.1) is 11.8 Å². The van der Waals surface area contributed by atoms with Gasteiger partial charge in [0, 0.05) is 30.8 Å². The SMILES string of the molecule is Cc1noc(C)c1CCC(=O)N1CCSC(c2ccco2)CC1. The van der Waals surface area contributed by atoms with Crippen LogP contribution in [0.25, 0.3) is 0 Å². The number of aryl methyl sites for hydroxylation is 2. The highest BCUT2D eigenvalue weighted by Gasteiger charge is 2.23. The number of hydrogen-bond acceptors (Lipinski definition) is 5. The Morgan fingerprint density at radius 1 is 1.43 bits per heavy atom. The Hall–Kier alpha value is -1.69. The van der Waals surface area contributed by atoms with Gasteiger partial charge in [0.25, 0.3) is 0 Å². The van der Waals surface area contributed by atoms with Crippen molar-refractivity contribution in [2.75, 3.05) is 18.8 Å². The van der Waals surface area contributed by atoms with Crippen molar-refractivity contribution in [2.45, 2.75) is 38.4 Å². The molecule has 0 saturated carbocycles. The minimum Gasteiger partial charge on any atom is -0.468 e. The van der Waals surface area contributed by atoms with E-state index in [1.165, 1.54) is 0 Å². The average molecular weight is 334 g/mol. The van der Waals surface area contributed by atoms with Gasteiger partial charge in [0.15, 0.2) is 0 Å². The van der Waals surface area contributed by atoms with Crippen molar-refractivity contribution in [3.8, 4) is 0 Å². The van der Waals surface area contributed by atoms with Crippen LogP contribution in [0.3, 0.4) is 0 Å². The van der Waals surface area contributed by atoms with E-state index in [1.807, 2.05) is 42.6 Å². The fraction of sp³-hybridized carbons (Fsp3) is 0.529. The number of hydrogen-bond donors (Lipinski definition) is 0. The first-order chi connectivity index (χ1) is 11.1. The van der Waals surface area contributed by atoms with Crippen molar-refractivity contribution >= 4 is 17.7 Å². The van der Waals surface area contributed by atoms with Crippen LogP contribution in [-0.4, -0.2) is 34.8 Å². The quantitative estimate of drug-likeness (QED) is 0.856. The van der Waals surface area contributed by atoms with Crippen molar-refractivity contribution in [2.24, 2.45) is 0 Å². The molecule has 3 rings (SSSR count). The molecule has 1 unspecified atom stereocenters. The van der Waals surface area contributed by atoms with Crippen LogP contribution in [-0.2, 0) is 11.2 Å². The summed E-state index contributed by atoms with van der Waals surface area (Å²) >= 11 is 1.87. The molecular weight excluding hydrogens is 312 g/mol. The standard InChI is InChI=1S/C17H22N2O3S/c1-12-14(13(2)22-18-12)5-6-17(20)19-8-7-16(23-11-9-19)15-4-3-10-21-15/h3-4,10,16H,5-9,11H2,1-2H3. The summed E-state index contributed by atoms with van der Waals surface area (Å²) in [6.45, 7) is 5.42. The van der Waals surface area contributed by atoms with E-state index in [4.69, 9.17) is 8.94 Å². The predicted octanol–water partition coefficient (Wildman–Crippen LogP) is 3.52. The zero-order valence-corrected chi connectivity index (χ0v) is 14.4. The molecule has 1 aliphatic rings. The van der Waals surface area contributed by atoms with Gasteiger partial charge in [0.1, 0.15) is 11.5 Å². The van der Waals surface area contributed by atoms with Gasteiger partial charge in [0.05, 0.1) is 17.2 Å². The molecule has 1 aliphatic heterocycles. The van der Waals surface area contributed by atoms with E-state index >= 15 is 0 Å². The number of nitrogens with zero attached hydrogens (tertiary/aromatic N) is 2. The van der Waals surface area contributed by atoms with E-state index in [0.29, 0.717) is 18.1 Å². The van der Waals surface area contributed by atoms with Crippen LogP contribution in [0.4, 0.5) is 0 Å². The van der Waals surface area contributed by atoms with E-state index in [2.05, 4.69) is 5.16 Å². The molecule has 0 radical (unpaired) electrons. The van der Waals surface area contributed by atoms with E-state index < -0.39 is 0 Å². The van der Waals surface area contributed by atoms with Gasteiger partial charge >= 0.3 is 0 Å². The fourth-order valence-electron chi connectivity index (χ4n) is 2.97. The molecule has 0 spiro atoms. The summed E-state index contributed by atoms with van der Waals surface area (Å²) in [6, 6.07) is 3.94. The second-order valence-corrected chi connectivity index (χ2v) is 7.16. The largest absolute Gasteiger partial charge is 0.468 e. The Balaban J connectivity index is 1.54. The Labute approximate surface area is 140 Å². The van der Waals surface area contributed by atoms with E-state index in [9.17, 15) is 4.79 Å². The minimum absolute atomic E-state index is 0.214. The summed E-state index contributed by atoms with van der Waals surface area (Å²) in [5.41, 5.74) is 1.95. The van der Waals surface area contributed by atoms with Crippen LogP contribution in [0, 0.1) is 13.8 Å². The number of furan rings is 1. The van der Waals surface area contributed by atoms with E-state index in [1.54, 1.807) is 6.26 Å². The molecule has 1 amide bonds. The number of rotatable bonds is 4. The summed E-state index contributed by atoms with van der Waals surface area (Å²) in [7, 11) is 0. The monoisotopic (exact) mass is 334 g/mol. The molecule has 1 atom stereocenters. The smallest absolute Gasteiger partial charge is 0.222 e. The molecular formula is C17H22N2O3S. The molecule has 0 bridgehead atoms. The summed E-state index contributed by atoms with van der Waals surface area (Å²) in [5.74, 6) is 2.99. The normalized spacial score (nSPS) is 18.9. The first kappa shape index (κ1) is 16.2. The number of carbonyl (C=O) groups excluding carboxylic acids is 1. The molecule has 6 heteroatoms. The van der Waals surface area contributed by atoms with Crippen molar-refractivity contribution in [3.05, 3.63) is 41.2 Å². The second-order valence-electron chi connectivity index (χ2n) is 5.85. The van der Waals surface area contributed by atoms with Crippen molar-refractivity contribution in [1.82, 2.24) is 10.1 Å². The number of carbonyl (C=O) groups is 1. The Kier molecular flexibility index (Phi) is 5.10. The van der Waals surface area contributed by atoms with Gasteiger partial charge in [0.2, 0.25) is 5.91 Å². The Morgan fingerprint density at radius 3 is 3.00 bits per heavy atom. The summed E-state index contributed by atoms with van der Waals surface area (Å²) in [6.07, 6.45) is 3.87. The van der Waals surface area contributed by atoms with Gasteiger partial charge < -0.3 is 13.8 Å². The topological polar surface area (TPSA) is 59.5 Å². The lowest BCUT2D eigenvalue weighted by Gasteiger charge is -2.20. The number of thioether (sulfide) groups is 1. The number of aromatic nitrogens is 1. The first-order valence-electron chi connectivity index (χ1n) is 7.99. The summed E-state index contributed by atoms with van der Waals surface area (Å²) in [4.78, 5) is 14.5. The number of amides is 1. The van der Waals surface area contributed by atoms with E-state index in [0.717, 1.165) is 48.0 Å². The summed E-state index contributed by atoms with van der Waals surface area (Å²) < 4.78 is 10.7. The van der Waals surface area contributed by atoms with Crippen LogP contribution in [0.1, 0.15) is 40.9 Å². The molecule has 1 fully saturated rings. The first-order valence-corrected chi connectivity index (χ1v) is 9.04. The molecule has 2 aromatic heterocycles. The molecule has 0 aliphatic carbocycles.